The molecule has 0 spiro atoms. The summed E-state index contributed by atoms with van der Waals surface area (Å²) in [7, 11) is 0. The van der Waals surface area contributed by atoms with Crippen molar-refractivity contribution < 1.29 is 14.3 Å². The van der Waals surface area contributed by atoms with Crippen molar-refractivity contribution in [2.45, 2.75) is 46.1 Å². The van der Waals surface area contributed by atoms with Gasteiger partial charge in [0.25, 0.3) is 5.91 Å². The molecule has 2 N–H and O–H groups in total. The lowest BCUT2D eigenvalue weighted by Gasteiger charge is -2.38. The molecule has 1 aliphatic rings. The molecule has 0 aliphatic heterocycles. The molecule has 1 saturated carbocycles. The van der Waals surface area contributed by atoms with Gasteiger partial charge < -0.3 is 10.1 Å². The molecule has 30 heavy (non-hydrogen) atoms. The first-order chi connectivity index (χ1) is 14.3. The van der Waals surface area contributed by atoms with E-state index in [0.29, 0.717) is 29.3 Å². The van der Waals surface area contributed by atoms with Gasteiger partial charge in [-0.25, -0.2) is 9.78 Å². The highest BCUT2D eigenvalue weighted by atomic mass is 35.5. The molecule has 3 unspecified atom stereocenters. The Balaban J connectivity index is 1.57. The smallest absolute Gasteiger partial charge is 0.326 e. The number of carbonyl (C=O) groups is 2. The highest BCUT2D eigenvalue weighted by Gasteiger charge is 2.34. The van der Waals surface area contributed by atoms with Crippen LogP contribution >= 0.6 is 11.6 Å². The van der Waals surface area contributed by atoms with Crippen molar-refractivity contribution in [2.75, 3.05) is 5.32 Å². The van der Waals surface area contributed by atoms with Crippen LogP contribution in [-0.2, 0) is 0 Å². The Morgan fingerprint density at radius 3 is 2.60 bits per heavy atom. The zero-order chi connectivity index (χ0) is 21.7. The van der Waals surface area contributed by atoms with Crippen LogP contribution in [0.3, 0.4) is 0 Å². The van der Waals surface area contributed by atoms with Crippen molar-refractivity contribution in [2.24, 2.45) is 17.8 Å². The van der Waals surface area contributed by atoms with Crippen LogP contribution in [-0.4, -0.2) is 23.0 Å². The number of rotatable bonds is 5. The molecule has 0 saturated heterocycles. The van der Waals surface area contributed by atoms with E-state index in [2.05, 4.69) is 36.4 Å². The molecular weight excluding hydrogens is 402 g/mol. The predicted octanol–water partition coefficient (Wildman–Crippen LogP) is 5.54. The minimum absolute atomic E-state index is 0.150. The summed E-state index contributed by atoms with van der Waals surface area (Å²) in [6, 6.07) is 9.32. The van der Waals surface area contributed by atoms with E-state index in [1.165, 1.54) is 12.6 Å². The molecule has 7 heteroatoms. The van der Waals surface area contributed by atoms with Crippen LogP contribution in [0.1, 0.15) is 50.4 Å². The van der Waals surface area contributed by atoms with Crippen LogP contribution in [0.5, 0.6) is 5.88 Å². The van der Waals surface area contributed by atoms with Crippen molar-refractivity contribution in [3.63, 3.8) is 0 Å². The number of amides is 3. The minimum Gasteiger partial charge on any atom is -0.474 e. The van der Waals surface area contributed by atoms with E-state index >= 15 is 0 Å². The Bertz CT molecular complexity index is 886. The summed E-state index contributed by atoms with van der Waals surface area (Å²) in [6.45, 7) is 6.78. The highest BCUT2D eigenvalue weighted by Crippen LogP contribution is 2.37. The van der Waals surface area contributed by atoms with Gasteiger partial charge in [0.05, 0.1) is 22.5 Å². The quantitative estimate of drug-likeness (QED) is 0.654. The van der Waals surface area contributed by atoms with E-state index < -0.39 is 11.9 Å². The monoisotopic (exact) mass is 429 g/mol. The molecule has 1 aliphatic carbocycles. The van der Waals surface area contributed by atoms with Crippen molar-refractivity contribution in [1.82, 2.24) is 10.3 Å². The van der Waals surface area contributed by atoms with Crippen LogP contribution < -0.4 is 15.4 Å². The Morgan fingerprint density at radius 1 is 1.17 bits per heavy atom. The van der Waals surface area contributed by atoms with E-state index in [4.69, 9.17) is 16.3 Å². The topological polar surface area (TPSA) is 80.3 Å². The molecular formula is C23H28ClN3O3. The number of hydrogen-bond donors (Lipinski definition) is 2. The van der Waals surface area contributed by atoms with Crippen LogP contribution in [0.15, 0.2) is 42.6 Å². The second-order valence-corrected chi connectivity index (χ2v) is 8.57. The summed E-state index contributed by atoms with van der Waals surface area (Å²) in [5.74, 6) is 1.64. The third-order valence-electron chi connectivity index (χ3n) is 5.62. The zero-order valence-electron chi connectivity index (χ0n) is 17.5. The number of carbonyl (C=O) groups excluding carboxylic acids is 2. The number of pyridine rings is 1. The lowest BCUT2D eigenvalue weighted by molar-refractivity contribution is 0.0283. The van der Waals surface area contributed by atoms with Gasteiger partial charge in [0, 0.05) is 12.0 Å². The summed E-state index contributed by atoms with van der Waals surface area (Å²) >= 11 is 5.98. The second kappa shape index (κ2) is 9.94. The Morgan fingerprint density at radius 2 is 1.93 bits per heavy atom. The number of aromatic nitrogens is 1. The van der Waals surface area contributed by atoms with Gasteiger partial charge in [0.15, 0.2) is 0 Å². The van der Waals surface area contributed by atoms with Crippen LogP contribution in [0.2, 0.25) is 5.02 Å². The highest BCUT2D eigenvalue weighted by molar-refractivity contribution is 6.34. The molecule has 1 heterocycles. The molecule has 3 atom stereocenters. The fourth-order valence-electron chi connectivity index (χ4n) is 4.27. The van der Waals surface area contributed by atoms with Gasteiger partial charge in [-0.15, -0.1) is 0 Å². The van der Waals surface area contributed by atoms with Gasteiger partial charge in [-0.2, -0.15) is 0 Å². The number of ether oxygens (including phenoxy) is 1. The molecule has 3 rings (SSSR count). The number of imide groups is 1. The standard InChI is InChI=1S/C23H28ClN3O3/c1-14(2)21-15(3)7-6-10-19(21)30-20-12-11-16(13-25-20)26-23(29)27-22(28)17-8-4-5-9-18(17)24/h4-5,8-9,11-15,19,21H,6-7,10H2,1-3H3,(H2,26,27,28,29). The Labute approximate surface area is 182 Å². The van der Waals surface area contributed by atoms with E-state index in [1.54, 1.807) is 36.4 Å². The van der Waals surface area contributed by atoms with E-state index in [0.717, 1.165) is 12.8 Å². The number of nitrogens with zero attached hydrogens (tertiary/aromatic N) is 1. The first-order valence-corrected chi connectivity index (χ1v) is 10.7. The first-order valence-electron chi connectivity index (χ1n) is 10.3. The van der Waals surface area contributed by atoms with Gasteiger partial charge in [0.1, 0.15) is 6.10 Å². The number of halogens is 1. The third kappa shape index (κ3) is 5.51. The molecule has 1 fully saturated rings. The lowest BCUT2D eigenvalue weighted by Crippen LogP contribution is -2.38. The average molecular weight is 430 g/mol. The van der Waals surface area contributed by atoms with E-state index in [9.17, 15) is 9.59 Å². The second-order valence-electron chi connectivity index (χ2n) is 8.16. The number of urea groups is 1. The van der Waals surface area contributed by atoms with Crippen LogP contribution in [0.4, 0.5) is 10.5 Å². The zero-order valence-corrected chi connectivity index (χ0v) is 18.3. The van der Waals surface area contributed by atoms with Crippen LogP contribution in [0, 0.1) is 17.8 Å². The number of anilines is 1. The molecule has 1 aromatic heterocycles. The Hall–Kier alpha value is -2.60. The van der Waals surface area contributed by atoms with Gasteiger partial charge >= 0.3 is 6.03 Å². The van der Waals surface area contributed by atoms with E-state index in [-0.39, 0.29) is 16.7 Å². The lowest BCUT2D eigenvalue weighted by atomic mass is 9.72. The summed E-state index contributed by atoms with van der Waals surface area (Å²) in [5, 5.41) is 5.13. The maximum absolute atomic E-state index is 12.2. The third-order valence-corrected chi connectivity index (χ3v) is 5.95. The molecule has 1 aromatic carbocycles. The first kappa shape index (κ1) is 22.1. The fourth-order valence-corrected chi connectivity index (χ4v) is 4.49. The number of hydrogen-bond acceptors (Lipinski definition) is 4. The van der Waals surface area contributed by atoms with Gasteiger partial charge in [-0.1, -0.05) is 50.9 Å². The maximum Gasteiger partial charge on any atom is 0.326 e. The summed E-state index contributed by atoms with van der Waals surface area (Å²) < 4.78 is 6.19. The summed E-state index contributed by atoms with van der Waals surface area (Å²) in [6.07, 6.45) is 5.10. The van der Waals surface area contributed by atoms with Gasteiger partial charge in [-0.3, -0.25) is 10.1 Å². The van der Waals surface area contributed by atoms with Crippen LogP contribution in [0.25, 0.3) is 0 Å². The molecule has 2 aromatic rings. The Kier molecular flexibility index (Phi) is 7.32. The summed E-state index contributed by atoms with van der Waals surface area (Å²) in [4.78, 5) is 28.6. The van der Waals surface area contributed by atoms with Crippen molar-refractivity contribution >= 4 is 29.2 Å². The molecule has 0 radical (unpaired) electrons. The maximum atomic E-state index is 12.2. The van der Waals surface area contributed by atoms with Crippen molar-refractivity contribution in [3.8, 4) is 5.88 Å². The fraction of sp³-hybridized carbons (Fsp3) is 0.435. The van der Waals surface area contributed by atoms with Gasteiger partial charge in [-0.05, 0) is 42.9 Å². The normalized spacial score (nSPS) is 21.2. The SMILES string of the molecule is CC(C)C1C(C)CCCC1Oc1ccc(NC(=O)NC(=O)c2ccccc2Cl)cn1. The van der Waals surface area contributed by atoms with E-state index in [1.807, 2.05) is 0 Å². The van der Waals surface area contributed by atoms with Gasteiger partial charge in [0.2, 0.25) is 5.88 Å². The minimum atomic E-state index is -0.656. The predicted molar refractivity (Wildman–Crippen MR) is 118 cm³/mol. The largest absolute Gasteiger partial charge is 0.474 e. The summed E-state index contributed by atoms with van der Waals surface area (Å²) in [5.41, 5.74) is 0.696. The average Bonchev–Trinajstić information content (AvgIpc) is 2.69. The molecule has 6 nitrogen and oxygen atoms in total. The molecule has 3 amide bonds. The molecule has 160 valence electrons. The van der Waals surface area contributed by atoms with Crippen molar-refractivity contribution in [3.05, 3.63) is 53.2 Å². The number of benzene rings is 1. The molecule has 0 bridgehead atoms. The van der Waals surface area contributed by atoms with Crippen molar-refractivity contribution in [1.29, 1.82) is 0 Å². The number of nitrogens with one attached hydrogen (secondary N) is 2.